The molecule has 1 amide bonds. The molecule has 1 aliphatic rings. The lowest BCUT2D eigenvalue weighted by molar-refractivity contribution is 0.0976. The Bertz CT molecular complexity index is 1120. The molecule has 0 spiro atoms. The summed E-state index contributed by atoms with van der Waals surface area (Å²) >= 11 is 0. The van der Waals surface area contributed by atoms with Crippen molar-refractivity contribution >= 4 is 28.8 Å². The van der Waals surface area contributed by atoms with Gasteiger partial charge in [-0.1, -0.05) is 24.3 Å². The number of rotatable bonds is 2. The van der Waals surface area contributed by atoms with Gasteiger partial charge in [-0.05, 0) is 61.0 Å². The summed E-state index contributed by atoms with van der Waals surface area (Å²) in [5, 5.41) is 2.84. The van der Waals surface area contributed by atoms with Crippen molar-refractivity contribution in [1.29, 1.82) is 0 Å². The fraction of sp³-hybridized carbons (Fsp3) is 0.0870. The quantitative estimate of drug-likeness (QED) is 0.634. The van der Waals surface area contributed by atoms with Crippen molar-refractivity contribution in [2.24, 2.45) is 9.98 Å². The minimum absolute atomic E-state index is 0.305. The SMILES string of the molecule is CC1=Nc2ccccc2N=C(NC(=O)c2ccc(F)cc2)[C@H]1c1ccc(F)cc1. The zero-order valence-corrected chi connectivity index (χ0v) is 15.6. The summed E-state index contributed by atoms with van der Waals surface area (Å²) in [6, 6.07) is 18.6. The van der Waals surface area contributed by atoms with E-state index in [2.05, 4.69) is 15.3 Å². The Morgan fingerprint density at radius 3 is 2.00 bits per heavy atom. The van der Waals surface area contributed by atoms with Crippen LogP contribution in [0.3, 0.4) is 0 Å². The average Bonchev–Trinajstić information content (AvgIpc) is 2.84. The zero-order chi connectivity index (χ0) is 20.4. The molecule has 4 nitrogen and oxygen atoms in total. The van der Waals surface area contributed by atoms with E-state index >= 15 is 0 Å². The maximum atomic E-state index is 13.4. The number of amidine groups is 1. The van der Waals surface area contributed by atoms with E-state index in [-0.39, 0.29) is 5.82 Å². The molecule has 1 aliphatic heterocycles. The summed E-state index contributed by atoms with van der Waals surface area (Å²) in [4.78, 5) is 22.1. The van der Waals surface area contributed by atoms with Crippen molar-refractivity contribution in [2.75, 3.05) is 0 Å². The highest BCUT2D eigenvalue weighted by atomic mass is 19.1. The van der Waals surface area contributed by atoms with E-state index < -0.39 is 17.6 Å². The number of benzene rings is 3. The first-order chi connectivity index (χ1) is 14.0. The molecule has 0 saturated heterocycles. The van der Waals surface area contributed by atoms with Crippen molar-refractivity contribution in [3.63, 3.8) is 0 Å². The summed E-state index contributed by atoms with van der Waals surface area (Å²) in [5.74, 6) is -1.28. The van der Waals surface area contributed by atoms with Crippen molar-refractivity contribution in [2.45, 2.75) is 12.8 Å². The summed E-state index contributed by atoms with van der Waals surface area (Å²) in [7, 11) is 0. The van der Waals surface area contributed by atoms with Crippen LogP contribution in [0.1, 0.15) is 28.8 Å². The van der Waals surface area contributed by atoms with Gasteiger partial charge in [0.15, 0.2) is 0 Å². The Morgan fingerprint density at radius 1 is 0.828 bits per heavy atom. The van der Waals surface area contributed by atoms with Crippen LogP contribution in [0.15, 0.2) is 82.8 Å². The second kappa shape index (κ2) is 7.75. The molecule has 0 radical (unpaired) electrons. The number of amides is 1. The molecule has 6 heteroatoms. The van der Waals surface area contributed by atoms with Crippen molar-refractivity contribution in [3.8, 4) is 0 Å². The van der Waals surface area contributed by atoms with Gasteiger partial charge in [0, 0.05) is 11.3 Å². The highest BCUT2D eigenvalue weighted by Gasteiger charge is 2.26. The van der Waals surface area contributed by atoms with Crippen LogP contribution in [0.2, 0.25) is 0 Å². The van der Waals surface area contributed by atoms with Crippen LogP contribution >= 0.6 is 0 Å². The van der Waals surface area contributed by atoms with Gasteiger partial charge >= 0.3 is 0 Å². The van der Waals surface area contributed by atoms with Crippen LogP contribution in [0.5, 0.6) is 0 Å². The normalized spacial score (nSPS) is 15.6. The van der Waals surface area contributed by atoms with Crippen LogP contribution in [0, 0.1) is 11.6 Å². The molecule has 0 saturated carbocycles. The number of fused-ring (bicyclic) bond motifs is 1. The number of para-hydroxylation sites is 2. The number of nitrogens with one attached hydrogen (secondary N) is 1. The maximum absolute atomic E-state index is 13.4. The molecule has 29 heavy (non-hydrogen) atoms. The lowest BCUT2D eigenvalue weighted by atomic mass is 9.93. The topological polar surface area (TPSA) is 53.8 Å². The summed E-state index contributed by atoms with van der Waals surface area (Å²) in [5.41, 5.74) is 3.06. The van der Waals surface area contributed by atoms with E-state index in [0.717, 1.165) is 5.56 Å². The van der Waals surface area contributed by atoms with Gasteiger partial charge in [0.1, 0.15) is 17.5 Å². The van der Waals surface area contributed by atoms with Crippen LogP contribution in [-0.2, 0) is 0 Å². The highest BCUT2D eigenvalue weighted by molar-refractivity contribution is 6.19. The number of halogens is 2. The van der Waals surface area contributed by atoms with Crippen LogP contribution < -0.4 is 5.32 Å². The molecule has 0 fully saturated rings. The molecule has 0 aromatic heterocycles. The Morgan fingerprint density at radius 2 is 1.38 bits per heavy atom. The summed E-state index contributed by atoms with van der Waals surface area (Å²) in [6.07, 6.45) is 0. The standard InChI is InChI=1S/C23H17F2N3O/c1-14-21(15-6-10-17(24)11-7-15)22(27-20-5-3-2-4-19(20)26-14)28-23(29)16-8-12-18(25)13-9-16/h2-13,21H,1H3,(H,27,28,29)/t21-/m1/s1. The second-order valence-electron chi connectivity index (χ2n) is 6.68. The molecular formula is C23H17F2N3O. The van der Waals surface area contributed by atoms with Crippen LogP contribution in [0.25, 0.3) is 0 Å². The number of hydrogen-bond acceptors (Lipinski definition) is 3. The molecule has 1 atom stereocenters. The molecule has 0 aliphatic carbocycles. The van der Waals surface area contributed by atoms with Crippen molar-refractivity contribution < 1.29 is 13.6 Å². The van der Waals surface area contributed by atoms with Gasteiger partial charge in [0.05, 0.1) is 17.3 Å². The second-order valence-corrected chi connectivity index (χ2v) is 6.68. The Kier molecular flexibility index (Phi) is 4.99. The fourth-order valence-electron chi connectivity index (χ4n) is 3.24. The fourth-order valence-corrected chi connectivity index (χ4v) is 3.24. The molecule has 1 heterocycles. The molecule has 1 N–H and O–H groups in total. The van der Waals surface area contributed by atoms with Crippen molar-refractivity contribution in [1.82, 2.24) is 5.32 Å². The van der Waals surface area contributed by atoms with Gasteiger partial charge in [-0.2, -0.15) is 0 Å². The van der Waals surface area contributed by atoms with E-state index in [1.807, 2.05) is 31.2 Å². The maximum Gasteiger partial charge on any atom is 0.256 e. The monoisotopic (exact) mass is 389 g/mol. The lowest BCUT2D eigenvalue weighted by Crippen LogP contribution is -2.37. The molecule has 4 rings (SSSR count). The van der Waals surface area contributed by atoms with E-state index in [4.69, 9.17) is 0 Å². The average molecular weight is 389 g/mol. The molecule has 3 aromatic rings. The van der Waals surface area contributed by atoms with E-state index in [1.54, 1.807) is 12.1 Å². The Balaban J connectivity index is 1.78. The zero-order valence-electron chi connectivity index (χ0n) is 15.6. The molecular weight excluding hydrogens is 372 g/mol. The largest absolute Gasteiger partial charge is 0.309 e. The third-order valence-electron chi connectivity index (χ3n) is 4.66. The Labute approximate surface area is 166 Å². The van der Waals surface area contributed by atoms with Gasteiger partial charge in [0.2, 0.25) is 0 Å². The first kappa shape index (κ1) is 18.7. The van der Waals surface area contributed by atoms with E-state index in [1.165, 1.54) is 36.4 Å². The molecule has 144 valence electrons. The van der Waals surface area contributed by atoms with Crippen molar-refractivity contribution in [3.05, 3.63) is 95.6 Å². The van der Waals surface area contributed by atoms with Crippen LogP contribution in [0.4, 0.5) is 20.2 Å². The number of carbonyl (C=O) groups is 1. The first-order valence-electron chi connectivity index (χ1n) is 9.06. The smallest absolute Gasteiger partial charge is 0.256 e. The van der Waals surface area contributed by atoms with E-state index in [0.29, 0.717) is 28.5 Å². The van der Waals surface area contributed by atoms with Gasteiger partial charge < -0.3 is 5.32 Å². The van der Waals surface area contributed by atoms with Crippen LogP contribution in [-0.4, -0.2) is 17.5 Å². The van der Waals surface area contributed by atoms with Gasteiger partial charge in [-0.15, -0.1) is 0 Å². The number of aliphatic imine (C=N–C) groups is 2. The lowest BCUT2D eigenvalue weighted by Gasteiger charge is -2.19. The minimum atomic E-state index is -0.465. The minimum Gasteiger partial charge on any atom is -0.309 e. The number of nitrogens with zero attached hydrogens (tertiary/aromatic N) is 2. The van der Waals surface area contributed by atoms with Gasteiger partial charge in [-0.25, -0.2) is 13.8 Å². The number of carbonyl (C=O) groups excluding carboxylic acids is 1. The number of hydrogen-bond donors (Lipinski definition) is 1. The van der Waals surface area contributed by atoms with Gasteiger partial charge in [-0.3, -0.25) is 9.79 Å². The molecule has 3 aromatic carbocycles. The van der Waals surface area contributed by atoms with E-state index in [9.17, 15) is 13.6 Å². The molecule has 0 unspecified atom stereocenters. The van der Waals surface area contributed by atoms with Gasteiger partial charge in [0.25, 0.3) is 5.91 Å². The third kappa shape index (κ3) is 3.96. The summed E-state index contributed by atoms with van der Waals surface area (Å²) < 4.78 is 26.6. The Hall–Kier alpha value is -3.67. The predicted molar refractivity (Wildman–Crippen MR) is 109 cm³/mol. The first-order valence-corrected chi connectivity index (χ1v) is 9.06. The highest BCUT2D eigenvalue weighted by Crippen LogP contribution is 2.34. The third-order valence-corrected chi connectivity index (χ3v) is 4.66. The predicted octanol–water partition coefficient (Wildman–Crippen LogP) is 5.31. The summed E-state index contributed by atoms with van der Waals surface area (Å²) in [6.45, 7) is 1.84. The molecule has 0 bridgehead atoms.